The number of ether oxygens (including phenoxy) is 3. The average molecular weight is 370 g/mol. The summed E-state index contributed by atoms with van der Waals surface area (Å²) in [4.78, 5) is 19.0. The second-order valence-corrected chi connectivity index (χ2v) is 6.48. The zero-order valence-corrected chi connectivity index (χ0v) is 16.1. The zero-order valence-electron chi connectivity index (χ0n) is 16.1. The molecule has 1 aliphatic rings. The number of carbonyl (C=O) groups excluding carboxylic acids is 1. The zero-order chi connectivity index (χ0) is 19.2. The van der Waals surface area contributed by atoms with Gasteiger partial charge in [0.05, 0.1) is 19.8 Å². The van der Waals surface area contributed by atoms with E-state index in [0.717, 1.165) is 12.0 Å². The van der Waals surface area contributed by atoms with Crippen LogP contribution in [-0.2, 0) is 0 Å². The van der Waals surface area contributed by atoms with Crippen LogP contribution in [-0.4, -0.2) is 48.2 Å². The number of amides is 1. The summed E-state index contributed by atoms with van der Waals surface area (Å²) in [5.74, 6) is 1.83. The molecule has 0 aliphatic carbocycles. The van der Waals surface area contributed by atoms with Gasteiger partial charge in [-0.25, -0.2) is 4.98 Å². The summed E-state index contributed by atoms with van der Waals surface area (Å²) in [6, 6.07) is 9.16. The Bertz CT molecular complexity index is 776. The van der Waals surface area contributed by atoms with Crippen molar-refractivity contribution in [1.82, 2.24) is 9.88 Å². The monoisotopic (exact) mass is 370 g/mol. The van der Waals surface area contributed by atoms with Crippen molar-refractivity contribution in [2.75, 3.05) is 26.3 Å². The lowest BCUT2D eigenvalue weighted by atomic mass is 10.1. The molecule has 1 aromatic carbocycles. The number of aryl methyl sites for hydroxylation is 1. The Kier molecular flexibility index (Phi) is 6.16. The standard InChI is InChI=1S/C21H26N2O4/c1-4-25-18-8-7-16(12-19(18)26-5-2)21(24)23-11-10-17(14-23)27-20-9-6-15(3)13-22-20/h6-9,12-13,17H,4-5,10-11,14H2,1-3H3. The number of rotatable bonds is 7. The highest BCUT2D eigenvalue weighted by molar-refractivity contribution is 5.95. The average Bonchev–Trinajstić information content (AvgIpc) is 3.13. The van der Waals surface area contributed by atoms with Gasteiger partial charge in [-0.3, -0.25) is 4.79 Å². The molecule has 0 saturated carbocycles. The lowest BCUT2D eigenvalue weighted by molar-refractivity contribution is 0.0770. The van der Waals surface area contributed by atoms with E-state index in [1.165, 1.54) is 0 Å². The molecule has 2 aromatic rings. The Morgan fingerprint density at radius 1 is 1.15 bits per heavy atom. The van der Waals surface area contributed by atoms with Crippen LogP contribution in [0, 0.1) is 6.92 Å². The van der Waals surface area contributed by atoms with Crippen molar-refractivity contribution < 1.29 is 19.0 Å². The van der Waals surface area contributed by atoms with Crippen LogP contribution in [0.5, 0.6) is 17.4 Å². The molecular weight excluding hydrogens is 344 g/mol. The van der Waals surface area contributed by atoms with Crippen LogP contribution in [0.2, 0.25) is 0 Å². The van der Waals surface area contributed by atoms with Crippen molar-refractivity contribution in [1.29, 1.82) is 0 Å². The molecule has 1 fully saturated rings. The minimum Gasteiger partial charge on any atom is -0.490 e. The smallest absolute Gasteiger partial charge is 0.254 e. The predicted octanol–water partition coefficient (Wildman–Crippen LogP) is 3.48. The first-order chi connectivity index (χ1) is 13.1. The maximum Gasteiger partial charge on any atom is 0.254 e. The first-order valence-electron chi connectivity index (χ1n) is 9.39. The molecule has 0 bridgehead atoms. The van der Waals surface area contributed by atoms with Crippen molar-refractivity contribution in [2.24, 2.45) is 0 Å². The molecule has 6 nitrogen and oxygen atoms in total. The van der Waals surface area contributed by atoms with Gasteiger partial charge < -0.3 is 19.1 Å². The van der Waals surface area contributed by atoms with Crippen LogP contribution in [0.15, 0.2) is 36.5 Å². The van der Waals surface area contributed by atoms with Crippen molar-refractivity contribution >= 4 is 5.91 Å². The lowest BCUT2D eigenvalue weighted by Crippen LogP contribution is -2.31. The van der Waals surface area contributed by atoms with Gasteiger partial charge in [-0.15, -0.1) is 0 Å². The highest BCUT2D eigenvalue weighted by atomic mass is 16.5. The number of hydrogen-bond acceptors (Lipinski definition) is 5. The van der Waals surface area contributed by atoms with E-state index in [-0.39, 0.29) is 12.0 Å². The molecule has 1 unspecified atom stereocenters. The molecule has 0 spiro atoms. The van der Waals surface area contributed by atoms with E-state index in [9.17, 15) is 4.79 Å². The van der Waals surface area contributed by atoms with Crippen LogP contribution in [0.25, 0.3) is 0 Å². The van der Waals surface area contributed by atoms with E-state index in [1.807, 2.05) is 37.8 Å². The summed E-state index contributed by atoms with van der Waals surface area (Å²) >= 11 is 0. The fraction of sp³-hybridized carbons (Fsp3) is 0.429. The molecule has 1 saturated heterocycles. The van der Waals surface area contributed by atoms with Crippen LogP contribution >= 0.6 is 0 Å². The van der Waals surface area contributed by atoms with Gasteiger partial charge in [0.1, 0.15) is 6.10 Å². The van der Waals surface area contributed by atoms with Crippen molar-refractivity contribution in [3.63, 3.8) is 0 Å². The van der Waals surface area contributed by atoms with E-state index in [4.69, 9.17) is 14.2 Å². The molecule has 2 heterocycles. The highest BCUT2D eigenvalue weighted by Crippen LogP contribution is 2.29. The van der Waals surface area contributed by atoms with Gasteiger partial charge in [-0.05, 0) is 44.5 Å². The van der Waals surface area contributed by atoms with Crippen molar-refractivity contribution in [2.45, 2.75) is 33.3 Å². The topological polar surface area (TPSA) is 60.9 Å². The van der Waals surface area contributed by atoms with Gasteiger partial charge in [0.15, 0.2) is 11.5 Å². The summed E-state index contributed by atoms with van der Waals surface area (Å²) in [5, 5.41) is 0. The third kappa shape index (κ3) is 4.70. The van der Waals surface area contributed by atoms with Crippen LogP contribution in [0.4, 0.5) is 0 Å². The van der Waals surface area contributed by atoms with E-state index in [2.05, 4.69) is 4.98 Å². The Morgan fingerprint density at radius 3 is 2.63 bits per heavy atom. The number of carbonyl (C=O) groups is 1. The fourth-order valence-electron chi connectivity index (χ4n) is 3.07. The minimum absolute atomic E-state index is 0.0260. The normalized spacial score (nSPS) is 16.3. The molecule has 1 amide bonds. The molecule has 6 heteroatoms. The number of benzene rings is 1. The van der Waals surface area contributed by atoms with Gasteiger partial charge >= 0.3 is 0 Å². The summed E-state index contributed by atoms with van der Waals surface area (Å²) < 4.78 is 17.1. The SMILES string of the molecule is CCOc1ccc(C(=O)N2CCC(Oc3ccc(C)cn3)C2)cc1OCC. The minimum atomic E-state index is -0.0433. The fourth-order valence-corrected chi connectivity index (χ4v) is 3.07. The molecule has 3 rings (SSSR count). The predicted molar refractivity (Wildman–Crippen MR) is 103 cm³/mol. The Labute approximate surface area is 160 Å². The number of hydrogen-bond donors (Lipinski definition) is 0. The summed E-state index contributed by atoms with van der Waals surface area (Å²) in [5.41, 5.74) is 1.68. The molecule has 1 atom stereocenters. The number of likely N-dealkylation sites (tertiary alicyclic amines) is 1. The van der Waals surface area contributed by atoms with Crippen molar-refractivity contribution in [3.05, 3.63) is 47.7 Å². The number of nitrogens with zero attached hydrogens (tertiary/aromatic N) is 2. The second kappa shape index (κ2) is 8.75. The van der Waals surface area contributed by atoms with Gasteiger partial charge in [0, 0.05) is 30.8 Å². The quantitative estimate of drug-likeness (QED) is 0.747. The van der Waals surface area contributed by atoms with Gasteiger partial charge in [0.25, 0.3) is 5.91 Å². The van der Waals surface area contributed by atoms with E-state index < -0.39 is 0 Å². The number of aromatic nitrogens is 1. The summed E-state index contributed by atoms with van der Waals surface area (Å²) in [6.07, 6.45) is 2.53. The molecule has 1 aromatic heterocycles. The van der Waals surface area contributed by atoms with Crippen LogP contribution < -0.4 is 14.2 Å². The largest absolute Gasteiger partial charge is 0.490 e. The molecular formula is C21H26N2O4. The number of pyridine rings is 1. The summed E-state index contributed by atoms with van der Waals surface area (Å²) in [6.45, 7) is 8.08. The van der Waals surface area contributed by atoms with Crippen LogP contribution in [0.1, 0.15) is 36.2 Å². The maximum atomic E-state index is 12.9. The van der Waals surface area contributed by atoms with E-state index >= 15 is 0 Å². The Morgan fingerprint density at radius 2 is 1.93 bits per heavy atom. The molecule has 1 aliphatic heterocycles. The first-order valence-corrected chi connectivity index (χ1v) is 9.39. The maximum absolute atomic E-state index is 12.9. The van der Waals surface area contributed by atoms with Gasteiger partial charge in [-0.1, -0.05) is 6.07 Å². The first kappa shape index (κ1) is 19.0. The van der Waals surface area contributed by atoms with Gasteiger partial charge in [0.2, 0.25) is 5.88 Å². The molecule has 0 radical (unpaired) electrons. The molecule has 27 heavy (non-hydrogen) atoms. The van der Waals surface area contributed by atoms with Crippen LogP contribution in [0.3, 0.4) is 0 Å². The second-order valence-electron chi connectivity index (χ2n) is 6.48. The summed E-state index contributed by atoms with van der Waals surface area (Å²) in [7, 11) is 0. The van der Waals surface area contributed by atoms with Gasteiger partial charge in [-0.2, -0.15) is 0 Å². The van der Waals surface area contributed by atoms with E-state index in [1.54, 1.807) is 24.4 Å². The lowest BCUT2D eigenvalue weighted by Gasteiger charge is -2.18. The Balaban J connectivity index is 1.65. The third-order valence-electron chi connectivity index (χ3n) is 4.39. The molecule has 144 valence electrons. The third-order valence-corrected chi connectivity index (χ3v) is 4.39. The van der Waals surface area contributed by atoms with Crippen molar-refractivity contribution in [3.8, 4) is 17.4 Å². The highest BCUT2D eigenvalue weighted by Gasteiger charge is 2.29. The molecule has 0 N–H and O–H groups in total. The Hall–Kier alpha value is -2.76. The van der Waals surface area contributed by atoms with E-state index in [0.29, 0.717) is 49.2 Å².